The summed E-state index contributed by atoms with van der Waals surface area (Å²) in [6.45, 7) is 0. The molecule has 2 N–H and O–H groups in total. The van der Waals surface area contributed by atoms with Crippen LogP contribution in [0.15, 0.2) is 54.6 Å². The Bertz CT molecular complexity index is 714. The summed E-state index contributed by atoms with van der Waals surface area (Å²) >= 11 is 5.75. The third-order valence-electron chi connectivity index (χ3n) is 2.71. The molecule has 112 valence electrons. The highest BCUT2D eigenvalue weighted by molar-refractivity contribution is 6.30. The lowest BCUT2D eigenvalue weighted by molar-refractivity contribution is -0.117. The molecule has 0 aromatic heterocycles. The average Bonchev–Trinajstić information content (AvgIpc) is 2.52. The molecule has 0 saturated carbocycles. The predicted molar refractivity (Wildman–Crippen MR) is 82.5 cm³/mol. The first-order chi connectivity index (χ1) is 10.6. The fourth-order valence-corrected chi connectivity index (χ4v) is 1.74. The van der Waals surface area contributed by atoms with Crippen molar-refractivity contribution in [3.05, 3.63) is 76.6 Å². The van der Waals surface area contributed by atoms with E-state index in [0.717, 1.165) is 11.6 Å². The monoisotopic (exact) mass is 318 g/mol. The second-order valence-electron chi connectivity index (χ2n) is 4.31. The molecule has 4 nitrogen and oxygen atoms in total. The fourth-order valence-electron chi connectivity index (χ4n) is 1.62. The third-order valence-corrected chi connectivity index (χ3v) is 2.97. The molecule has 2 rings (SSSR count). The molecule has 0 aliphatic heterocycles. The van der Waals surface area contributed by atoms with Gasteiger partial charge in [-0.25, -0.2) is 4.39 Å². The van der Waals surface area contributed by atoms with Crippen LogP contribution in [0.1, 0.15) is 15.9 Å². The number of halogens is 2. The maximum atomic E-state index is 13.4. The molecular weight excluding hydrogens is 307 g/mol. The van der Waals surface area contributed by atoms with E-state index in [1.54, 1.807) is 30.3 Å². The summed E-state index contributed by atoms with van der Waals surface area (Å²) in [5.41, 5.74) is 4.93. The van der Waals surface area contributed by atoms with E-state index in [1.165, 1.54) is 24.3 Å². The van der Waals surface area contributed by atoms with Gasteiger partial charge < -0.3 is 0 Å². The first kappa shape index (κ1) is 15.7. The van der Waals surface area contributed by atoms with Crippen molar-refractivity contribution < 1.29 is 14.0 Å². The summed E-state index contributed by atoms with van der Waals surface area (Å²) in [5.74, 6) is -1.93. The zero-order valence-electron chi connectivity index (χ0n) is 11.3. The second-order valence-corrected chi connectivity index (χ2v) is 4.74. The zero-order valence-corrected chi connectivity index (χ0v) is 12.1. The summed E-state index contributed by atoms with van der Waals surface area (Å²) in [5, 5.41) is 0.596. The van der Waals surface area contributed by atoms with E-state index in [4.69, 9.17) is 11.6 Å². The van der Waals surface area contributed by atoms with Crippen molar-refractivity contribution in [1.29, 1.82) is 0 Å². The van der Waals surface area contributed by atoms with Gasteiger partial charge in [0.25, 0.3) is 11.8 Å². The first-order valence-corrected chi connectivity index (χ1v) is 6.72. The molecule has 0 radical (unpaired) electrons. The van der Waals surface area contributed by atoms with Crippen LogP contribution in [-0.2, 0) is 4.79 Å². The zero-order chi connectivity index (χ0) is 15.9. The highest BCUT2D eigenvalue weighted by Gasteiger charge is 2.10. The van der Waals surface area contributed by atoms with E-state index in [2.05, 4.69) is 10.9 Å². The highest BCUT2D eigenvalue weighted by Crippen LogP contribution is 2.10. The van der Waals surface area contributed by atoms with Gasteiger partial charge in [0.1, 0.15) is 5.82 Å². The Morgan fingerprint density at radius 2 is 1.68 bits per heavy atom. The van der Waals surface area contributed by atoms with E-state index >= 15 is 0 Å². The molecule has 0 heterocycles. The summed E-state index contributed by atoms with van der Waals surface area (Å²) < 4.78 is 13.4. The van der Waals surface area contributed by atoms with Gasteiger partial charge >= 0.3 is 0 Å². The minimum absolute atomic E-state index is 0.149. The van der Waals surface area contributed by atoms with Crippen LogP contribution in [0.5, 0.6) is 0 Å². The van der Waals surface area contributed by atoms with Crippen molar-refractivity contribution in [2.75, 3.05) is 0 Å². The van der Waals surface area contributed by atoms with Gasteiger partial charge in [0.05, 0.1) is 5.56 Å². The molecule has 0 bridgehead atoms. The minimum atomic E-state index is -0.730. The van der Waals surface area contributed by atoms with Gasteiger partial charge in [0, 0.05) is 11.1 Å². The summed E-state index contributed by atoms with van der Waals surface area (Å²) in [6, 6.07) is 12.4. The van der Waals surface area contributed by atoms with Gasteiger partial charge in [-0.15, -0.1) is 0 Å². The number of nitrogens with one attached hydrogen (secondary N) is 2. The van der Waals surface area contributed by atoms with Gasteiger partial charge in [-0.3, -0.25) is 20.4 Å². The summed E-state index contributed by atoms with van der Waals surface area (Å²) in [4.78, 5) is 23.2. The molecule has 0 atom stereocenters. The van der Waals surface area contributed by atoms with Gasteiger partial charge in [-0.1, -0.05) is 35.9 Å². The van der Waals surface area contributed by atoms with E-state index in [9.17, 15) is 14.0 Å². The Labute approximate surface area is 131 Å². The molecule has 2 amide bonds. The molecular formula is C16H12ClFN2O2. The lowest BCUT2D eigenvalue weighted by Gasteiger charge is -2.05. The Balaban J connectivity index is 1.89. The summed E-state index contributed by atoms with van der Waals surface area (Å²) in [7, 11) is 0. The first-order valence-electron chi connectivity index (χ1n) is 6.35. The van der Waals surface area contributed by atoms with E-state index < -0.39 is 17.6 Å². The highest BCUT2D eigenvalue weighted by atomic mass is 35.5. The number of rotatable bonds is 3. The van der Waals surface area contributed by atoms with Crippen molar-refractivity contribution >= 4 is 29.5 Å². The largest absolute Gasteiger partial charge is 0.272 e. The van der Waals surface area contributed by atoms with Crippen molar-refractivity contribution in [2.45, 2.75) is 0 Å². The SMILES string of the molecule is O=C(/C=C/c1ccc(Cl)cc1)NNC(=O)c1ccccc1F. The molecule has 0 unspecified atom stereocenters. The van der Waals surface area contributed by atoms with Crippen LogP contribution in [0.4, 0.5) is 4.39 Å². The van der Waals surface area contributed by atoms with Crippen molar-refractivity contribution in [2.24, 2.45) is 0 Å². The number of hydrogen-bond donors (Lipinski definition) is 2. The van der Waals surface area contributed by atoms with Gasteiger partial charge in [0.2, 0.25) is 0 Å². The number of benzene rings is 2. The van der Waals surface area contributed by atoms with Crippen LogP contribution in [0.2, 0.25) is 5.02 Å². The molecule has 0 fully saturated rings. The fraction of sp³-hybridized carbons (Fsp3) is 0. The van der Waals surface area contributed by atoms with Crippen LogP contribution in [0.3, 0.4) is 0 Å². The Morgan fingerprint density at radius 1 is 1.00 bits per heavy atom. The Kier molecular flexibility index (Phi) is 5.27. The molecule has 22 heavy (non-hydrogen) atoms. The van der Waals surface area contributed by atoms with Gasteiger partial charge in [-0.05, 0) is 35.9 Å². The van der Waals surface area contributed by atoms with Crippen LogP contribution < -0.4 is 10.9 Å². The lowest BCUT2D eigenvalue weighted by atomic mass is 10.2. The van der Waals surface area contributed by atoms with Crippen LogP contribution >= 0.6 is 11.6 Å². The third kappa shape index (κ3) is 4.43. The molecule has 2 aromatic rings. The topological polar surface area (TPSA) is 58.2 Å². The Hall–Kier alpha value is -2.66. The van der Waals surface area contributed by atoms with Gasteiger partial charge in [-0.2, -0.15) is 0 Å². The number of carbonyl (C=O) groups excluding carboxylic acids is 2. The van der Waals surface area contributed by atoms with E-state index in [1.807, 2.05) is 0 Å². The molecule has 6 heteroatoms. The van der Waals surface area contributed by atoms with Gasteiger partial charge in [0.15, 0.2) is 0 Å². The van der Waals surface area contributed by atoms with Crippen LogP contribution in [0.25, 0.3) is 6.08 Å². The number of carbonyl (C=O) groups is 2. The smallest absolute Gasteiger partial charge is 0.268 e. The number of amides is 2. The quantitative estimate of drug-likeness (QED) is 0.675. The molecule has 0 aliphatic rings. The standard InChI is InChI=1S/C16H12ClFN2O2/c17-12-8-5-11(6-9-12)7-10-15(21)19-20-16(22)13-3-1-2-4-14(13)18/h1-10H,(H,19,21)(H,20,22)/b10-7+. The van der Waals surface area contributed by atoms with Crippen molar-refractivity contribution in [3.63, 3.8) is 0 Å². The number of hydrogen-bond acceptors (Lipinski definition) is 2. The predicted octanol–water partition coefficient (Wildman–Crippen LogP) is 2.95. The minimum Gasteiger partial charge on any atom is -0.268 e. The normalized spacial score (nSPS) is 10.5. The molecule has 0 aliphatic carbocycles. The van der Waals surface area contributed by atoms with Crippen molar-refractivity contribution in [1.82, 2.24) is 10.9 Å². The molecule has 2 aromatic carbocycles. The average molecular weight is 319 g/mol. The Morgan fingerprint density at radius 3 is 2.36 bits per heavy atom. The maximum absolute atomic E-state index is 13.4. The van der Waals surface area contributed by atoms with Crippen LogP contribution in [0, 0.1) is 5.82 Å². The second kappa shape index (κ2) is 7.38. The summed E-state index contributed by atoms with van der Waals surface area (Å²) in [6.07, 6.45) is 2.80. The van der Waals surface area contributed by atoms with Crippen LogP contribution in [-0.4, -0.2) is 11.8 Å². The number of hydrazine groups is 1. The molecule has 0 saturated heterocycles. The van der Waals surface area contributed by atoms with Crippen molar-refractivity contribution in [3.8, 4) is 0 Å². The van der Waals surface area contributed by atoms with E-state index in [-0.39, 0.29) is 5.56 Å². The molecule has 0 spiro atoms. The van der Waals surface area contributed by atoms with E-state index in [0.29, 0.717) is 5.02 Å². The maximum Gasteiger partial charge on any atom is 0.272 e. The lowest BCUT2D eigenvalue weighted by Crippen LogP contribution is -2.41.